The maximum atomic E-state index is 5.44. The van der Waals surface area contributed by atoms with Gasteiger partial charge >= 0.3 is 0 Å². The van der Waals surface area contributed by atoms with E-state index in [1.165, 1.54) is 11.2 Å². The summed E-state index contributed by atoms with van der Waals surface area (Å²) in [7, 11) is 0. The third kappa shape index (κ3) is 29.9. The molecule has 0 atom stereocenters. The Balaban J connectivity index is -0.000000177. The SMILES string of the molecule is C[CH-]C.[Am].[CH2-]COCCOCCN(N)C=[C-]N.[Zn]. The van der Waals surface area contributed by atoms with Crippen LogP contribution in [0.1, 0.15) is 13.8 Å². The normalized spacial score (nSPS) is 8.89. The molecule has 0 amide bonds. The molecular weight excluding hydrogens is 515 g/mol. The maximum absolute atomic E-state index is 5.44. The molecule has 0 saturated carbocycles. The van der Waals surface area contributed by atoms with E-state index in [1.807, 2.05) is 20.3 Å². The zero-order chi connectivity index (χ0) is 12.6. The van der Waals surface area contributed by atoms with Gasteiger partial charge in [-0.3, -0.25) is 5.84 Å². The molecule has 0 aliphatic carbocycles. The molecule has 0 heterocycles. The van der Waals surface area contributed by atoms with Crippen LogP contribution in [0.15, 0.2) is 6.20 Å². The third-order valence-electron chi connectivity index (χ3n) is 1.25. The van der Waals surface area contributed by atoms with Crippen molar-refractivity contribution >= 4 is 0 Å². The van der Waals surface area contributed by atoms with Crippen molar-refractivity contribution in [2.45, 2.75) is 13.8 Å². The van der Waals surface area contributed by atoms with Crippen LogP contribution in [0.4, 0.5) is 0 Å². The van der Waals surface area contributed by atoms with Gasteiger partial charge in [0.05, 0.1) is 26.4 Å². The van der Waals surface area contributed by atoms with E-state index < -0.39 is 0 Å². The summed E-state index contributed by atoms with van der Waals surface area (Å²) >= 11 is 0. The Morgan fingerprint density at radius 1 is 1.28 bits per heavy atom. The van der Waals surface area contributed by atoms with E-state index in [0.717, 1.165) is 0 Å². The molecule has 0 spiro atoms. The summed E-state index contributed by atoms with van der Waals surface area (Å²) in [6, 6.07) is 0. The summed E-state index contributed by atoms with van der Waals surface area (Å²) in [6.45, 7) is 10.2. The van der Waals surface area contributed by atoms with Crippen LogP contribution in [0.2, 0.25) is 0 Å². The second-order valence-corrected chi connectivity index (χ2v) is 2.84. The van der Waals surface area contributed by atoms with E-state index in [1.54, 1.807) is 0 Å². The van der Waals surface area contributed by atoms with Crippen LogP contribution < -0.4 is 11.6 Å². The molecule has 0 aromatic heterocycles. The quantitative estimate of drug-likeness (QED) is 0.118. The Labute approximate surface area is 132 Å². The summed E-state index contributed by atoms with van der Waals surface area (Å²) in [5, 5.41) is 1.40. The van der Waals surface area contributed by atoms with Gasteiger partial charge < -0.3 is 39.8 Å². The molecule has 4 N–H and O–H groups in total. The molecule has 107 valence electrons. The predicted octanol–water partition coefficient (Wildman–Crippen LogP) is 0.490. The first-order valence-corrected chi connectivity index (χ1v) is 5.22. The van der Waals surface area contributed by atoms with Crippen molar-refractivity contribution in [2.75, 3.05) is 33.0 Å². The number of hydrogen-bond acceptors (Lipinski definition) is 5. The average molecular weight is 539 g/mol. The number of ether oxygens (including phenoxy) is 2. The van der Waals surface area contributed by atoms with E-state index in [0.29, 0.717) is 33.0 Å². The first-order chi connectivity index (χ1) is 7.72. The Morgan fingerprint density at radius 2 is 1.78 bits per heavy atom. The molecule has 0 aromatic rings. The Kier molecular flexibility index (Phi) is 38.5. The molecular formula is C11H24AmN3O2Zn-3. The summed E-state index contributed by atoms with van der Waals surface area (Å²) in [5.74, 6) is 5.44. The summed E-state index contributed by atoms with van der Waals surface area (Å²) in [4.78, 5) is 0. The van der Waals surface area contributed by atoms with Crippen molar-refractivity contribution in [3.05, 3.63) is 25.7 Å². The van der Waals surface area contributed by atoms with Gasteiger partial charge in [-0.25, -0.2) is 0 Å². The van der Waals surface area contributed by atoms with Crippen LogP contribution >= 0.6 is 0 Å². The van der Waals surface area contributed by atoms with Gasteiger partial charge in [-0.1, -0.05) is 6.61 Å². The number of nitrogens with zero attached hydrogens (tertiary/aromatic N) is 1. The molecule has 0 fully saturated rings. The average Bonchev–Trinajstić information content (AvgIpc) is 2.25. The first kappa shape index (κ1) is 26.7. The molecule has 18 heavy (non-hydrogen) atoms. The van der Waals surface area contributed by atoms with Gasteiger partial charge in [0.2, 0.25) is 0 Å². The number of hydrogen-bond donors (Lipinski definition) is 2. The van der Waals surface area contributed by atoms with Crippen molar-refractivity contribution in [3.8, 4) is 0 Å². The fraction of sp³-hybridized carbons (Fsp3) is 0.636. The van der Waals surface area contributed by atoms with Gasteiger partial charge in [0.15, 0.2) is 0 Å². The fourth-order valence-electron chi connectivity index (χ4n) is 0.652. The smallest absolute Gasteiger partial charge is 0.0699 e. The molecule has 0 saturated heterocycles. The molecule has 7 heteroatoms. The Hall–Kier alpha value is 0.233. The molecule has 0 aliphatic heterocycles. The monoisotopic (exact) mass is 535 g/mol. The maximum Gasteiger partial charge on any atom is 0.0699 e. The fourth-order valence-corrected chi connectivity index (χ4v) is 0.652. The molecule has 0 bridgehead atoms. The van der Waals surface area contributed by atoms with Crippen molar-refractivity contribution in [2.24, 2.45) is 11.6 Å². The van der Waals surface area contributed by atoms with Crippen LogP contribution in [-0.2, 0) is 29.0 Å². The van der Waals surface area contributed by atoms with Gasteiger partial charge in [-0.15, -0.1) is 6.20 Å². The molecule has 5 nitrogen and oxygen atoms in total. The number of nitrogens with two attached hydrogens (primary N) is 2. The van der Waals surface area contributed by atoms with E-state index in [2.05, 4.69) is 13.1 Å². The van der Waals surface area contributed by atoms with Crippen molar-refractivity contribution in [1.82, 2.24) is 5.01 Å². The van der Waals surface area contributed by atoms with Gasteiger partial charge in [-0.2, -0.15) is 13.8 Å². The molecule has 0 aliphatic rings. The minimum absolute atomic E-state index is 0. The predicted molar refractivity (Wildman–Crippen MR) is 65.5 cm³/mol. The Morgan fingerprint density at radius 3 is 2.22 bits per heavy atom. The van der Waals surface area contributed by atoms with Crippen LogP contribution in [0.5, 0.6) is 0 Å². The van der Waals surface area contributed by atoms with Gasteiger partial charge in [0.1, 0.15) is 0 Å². The minimum Gasteiger partial charge on any atom is -0.579 e. The van der Waals surface area contributed by atoms with Crippen molar-refractivity contribution in [3.63, 3.8) is 0 Å². The second-order valence-electron chi connectivity index (χ2n) is 2.84. The van der Waals surface area contributed by atoms with Gasteiger partial charge in [0.25, 0.3) is 0 Å². The zero-order valence-electron chi connectivity index (χ0n) is 11.4. The number of rotatable bonds is 8. The molecule has 0 rings (SSSR count). The second kappa shape index (κ2) is 25.9. The molecule has 1 radical (unpaired) electrons. The van der Waals surface area contributed by atoms with Gasteiger partial charge in [-0.05, 0) is 0 Å². The van der Waals surface area contributed by atoms with E-state index in [4.69, 9.17) is 21.1 Å². The largest absolute Gasteiger partial charge is 0.579 e. The van der Waals surface area contributed by atoms with Crippen LogP contribution in [-0.4, -0.2) is 38.0 Å². The standard InChI is InChI=1S/C8H17N3O2.C3H7.Am.Zn/c1-2-12-7-8-13-6-5-11(10)4-3-9;1-3-2;;/h4H,1-2,5-10H2;3H,1-2H3;;/q-2;-1;;. The summed E-state index contributed by atoms with van der Waals surface area (Å²) in [6.07, 6.45) is 5.77. The van der Waals surface area contributed by atoms with Crippen LogP contribution in [0, 0.1) is 33.8 Å². The zero-order valence-corrected chi connectivity index (χ0v) is 17.5. The van der Waals surface area contributed by atoms with E-state index >= 15 is 0 Å². The van der Waals surface area contributed by atoms with E-state index in [-0.39, 0.29) is 33.8 Å². The number of hydrazine groups is 1. The molecule has 0 aromatic carbocycles. The molecule has 0 unspecified atom stereocenters. The van der Waals surface area contributed by atoms with Crippen LogP contribution in [0.25, 0.3) is 0 Å². The Bertz CT molecular complexity index is 154. The summed E-state index contributed by atoms with van der Waals surface area (Å²) in [5.41, 5.74) is 5.00. The topological polar surface area (TPSA) is 73.7 Å². The summed E-state index contributed by atoms with van der Waals surface area (Å²) < 4.78 is 10.2. The van der Waals surface area contributed by atoms with E-state index in [9.17, 15) is 0 Å². The minimum atomic E-state index is 0. The first-order valence-electron chi connectivity index (χ1n) is 5.22. The van der Waals surface area contributed by atoms with Crippen LogP contribution in [0.3, 0.4) is 0 Å². The van der Waals surface area contributed by atoms with Crippen molar-refractivity contribution in [1.29, 1.82) is 0 Å². The third-order valence-corrected chi connectivity index (χ3v) is 1.25. The van der Waals surface area contributed by atoms with Gasteiger partial charge in [0, 0.05) is 33.8 Å². The van der Waals surface area contributed by atoms with Crippen molar-refractivity contribution < 1.29 is 43.2 Å².